The van der Waals surface area contributed by atoms with Gasteiger partial charge in [-0.25, -0.2) is 0 Å². The highest BCUT2D eigenvalue weighted by atomic mass is 16.5. The molecule has 3 N–H and O–H groups in total. The van der Waals surface area contributed by atoms with Crippen molar-refractivity contribution in [2.45, 2.75) is 200 Å². The molecule has 0 aliphatic carbocycles. The molecule has 6 nitrogen and oxygen atoms in total. The Bertz CT molecular complexity index is 995. The largest absolute Gasteiger partial charge is 0.461 e. The van der Waals surface area contributed by atoms with Crippen LogP contribution < -0.4 is 5.32 Å². The number of aliphatic hydroxyl groups excluding tert-OH is 2. The normalized spacial score (nSPS) is 14.2. The van der Waals surface area contributed by atoms with Crippen LogP contribution in [0.25, 0.3) is 0 Å². The van der Waals surface area contributed by atoms with Gasteiger partial charge in [-0.3, -0.25) is 9.59 Å². The molecule has 0 saturated carbocycles. The Morgan fingerprint density at radius 2 is 1.08 bits per heavy atom. The highest BCUT2D eigenvalue weighted by Crippen LogP contribution is 2.15. The van der Waals surface area contributed by atoms with E-state index in [1.807, 2.05) is 54.7 Å². The molecule has 0 aromatic heterocycles. The zero-order valence-corrected chi connectivity index (χ0v) is 33.7. The van der Waals surface area contributed by atoms with E-state index in [4.69, 9.17) is 4.74 Å². The fourth-order valence-electron chi connectivity index (χ4n) is 5.91. The molecular weight excluding hydrogens is 647 g/mol. The van der Waals surface area contributed by atoms with Crippen LogP contribution in [0.1, 0.15) is 181 Å². The van der Waals surface area contributed by atoms with Crippen molar-refractivity contribution in [1.29, 1.82) is 0 Å². The van der Waals surface area contributed by atoms with E-state index in [1.54, 1.807) is 0 Å². The van der Waals surface area contributed by atoms with E-state index in [0.717, 1.165) is 57.8 Å². The van der Waals surface area contributed by atoms with E-state index in [9.17, 15) is 19.8 Å². The minimum absolute atomic E-state index is 0.0246. The maximum Gasteiger partial charge on any atom is 0.306 e. The quantitative estimate of drug-likeness (QED) is 0.0259. The summed E-state index contributed by atoms with van der Waals surface area (Å²) in [7, 11) is 0. The van der Waals surface area contributed by atoms with Gasteiger partial charge in [0.1, 0.15) is 6.10 Å². The lowest BCUT2D eigenvalue weighted by molar-refractivity contribution is -0.150. The van der Waals surface area contributed by atoms with Gasteiger partial charge in [0.05, 0.1) is 25.2 Å². The van der Waals surface area contributed by atoms with Gasteiger partial charge >= 0.3 is 5.97 Å². The number of hydrogen-bond acceptors (Lipinski definition) is 5. The topological polar surface area (TPSA) is 95.9 Å². The molecule has 0 aromatic rings. The first-order valence-electron chi connectivity index (χ1n) is 21.2. The lowest BCUT2D eigenvalue weighted by Gasteiger charge is -2.24. The van der Waals surface area contributed by atoms with Crippen molar-refractivity contribution in [3.8, 4) is 0 Å². The van der Waals surface area contributed by atoms with Gasteiger partial charge in [-0.1, -0.05) is 190 Å². The van der Waals surface area contributed by atoms with E-state index in [-0.39, 0.29) is 24.9 Å². The number of allylic oxidation sites excluding steroid dienone is 11. The molecule has 3 unspecified atom stereocenters. The number of rotatable bonds is 36. The second-order valence-corrected chi connectivity index (χ2v) is 14.1. The van der Waals surface area contributed by atoms with Crippen molar-refractivity contribution in [2.75, 3.05) is 6.61 Å². The summed E-state index contributed by atoms with van der Waals surface area (Å²) >= 11 is 0. The molecule has 6 heteroatoms. The molecular formula is C46H79NO5. The minimum Gasteiger partial charge on any atom is -0.461 e. The number of amides is 1. The Labute approximate surface area is 320 Å². The van der Waals surface area contributed by atoms with Crippen LogP contribution >= 0.6 is 0 Å². The fraction of sp³-hybridized carbons (Fsp3) is 0.696. The monoisotopic (exact) mass is 726 g/mol. The maximum absolute atomic E-state index is 13.0. The lowest BCUT2D eigenvalue weighted by atomic mass is 10.0. The minimum atomic E-state index is -0.818. The number of unbranched alkanes of at least 4 members (excludes halogenated alkanes) is 17. The van der Waals surface area contributed by atoms with Gasteiger partial charge in [-0.15, -0.1) is 0 Å². The van der Waals surface area contributed by atoms with Gasteiger partial charge in [0.15, 0.2) is 0 Å². The summed E-state index contributed by atoms with van der Waals surface area (Å²) in [6, 6.07) is -0.740. The predicted molar refractivity (Wildman–Crippen MR) is 222 cm³/mol. The van der Waals surface area contributed by atoms with Gasteiger partial charge < -0.3 is 20.3 Å². The van der Waals surface area contributed by atoms with Gasteiger partial charge in [0, 0.05) is 12.8 Å². The molecule has 0 aliphatic rings. The lowest BCUT2D eigenvalue weighted by Crippen LogP contribution is -2.46. The molecule has 0 rings (SSSR count). The van der Waals surface area contributed by atoms with E-state index in [1.165, 1.54) is 77.0 Å². The molecule has 0 spiro atoms. The number of esters is 1. The first kappa shape index (κ1) is 49.3. The van der Waals surface area contributed by atoms with Crippen LogP contribution in [0.2, 0.25) is 0 Å². The first-order chi connectivity index (χ1) is 25.5. The Hall–Kier alpha value is -2.70. The number of ether oxygens (including phenoxy) is 1. The summed E-state index contributed by atoms with van der Waals surface area (Å²) in [6.07, 6.45) is 48.4. The van der Waals surface area contributed by atoms with Crippen molar-refractivity contribution >= 4 is 11.9 Å². The fourth-order valence-corrected chi connectivity index (χ4v) is 5.91. The van der Waals surface area contributed by atoms with E-state index in [2.05, 4.69) is 44.3 Å². The Balaban J connectivity index is 4.79. The SMILES string of the molecule is CC/C=C/C=C/C=C\C=C/C=C/CC(CC(=O)NC(CO)C(O)CCCCCCCCCCCC)OC(=O)CCCCCCC/C=C\CCCCC. The molecule has 52 heavy (non-hydrogen) atoms. The zero-order chi connectivity index (χ0) is 38.2. The van der Waals surface area contributed by atoms with Crippen LogP contribution in [0.15, 0.2) is 72.9 Å². The molecule has 298 valence electrons. The average Bonchev–Trinajstić information content (AvgIpc) is 3.13. The van der Waals surface area contributed by atoms with E-state index < -0.39 is 18.2 Å². The number of nitrogens with one attached hydrogen (secondary N) is 1. The van der Waals surface area contributed by atoms with Crippen molar-refractivity contribution in [3.05, 3.63) is 72.9 Å². The second kappa shape index (κ2) is 39.5. The highest BCUT2D eigenvalue weighted by molar-refractivity contribution is 5.77. The molecule has 0 heterocycles. The summed E-state index contributed by atoms with van der Waals surface area (Å²) in [5.74, 6) is -0.627. The molecule has 0 radical (unpaired) electrons. The van der Waals surface area contributed by atoms with Gasteiger partial charge in [-0.2, -0.15) is 0 Å². The zero-order valence-electron chi connectivity index (χ0n) is 33.7. The van der Waals surface area contributed by atoms with Gasteiger partial charge in [0.25, 0.3) is 0 Å². The van der Waals surface area contributed by atoms with Gasteiger partial charge in [-0.05, 0) is 44.9 Å². The summed E-state index contributed by atoms with van der Waals surface area (Å²) < 4.78 is 5.79. The standard InChI is InChI=1S/C46H79NO5/c1-4-7-10-13-16-19-22-24-27-30-33-36-39-46(51)52-42(37-34-31-28-25-23-20-17-14-11-8-5-2)40-45(50)47-43(41-48)44(49)38-35-32-29-26-21-18-15-12-9-6-3/h8,11,14,16-17,19-20,23,25,28,31,34,42-44,48-49H,4-7,9-10,12-13,15,18,21-22,24,26-27,29-30,32-33,35-41H2,1-3H3,(H,47,50)/b11-8+,17-14+,19-16-,23-20-,28-25-,34-31+. The Morgan fingerprint density at radius 1 is 0.596 bits per heavy atom. The predicted octanol–water partition coefficient (Wildman–Crippen LogP) is 11.9. The van der Waals surface area contributed by atoms with E-state index >= 15 is 0 Å². The number of hydrogen-bond donors (Lipinski definition) is 3. The van der Waals surface area contributed by atoms with Gasteiger partial charge in [0.2, 0.25) is 5.91 Å². The van der Waals surface area contributed by atoms with Crippen LogP contribution in [0.5, 0.6) is 0 Å². The summed E-state index contributed by atoms with van der Waals surface area (Å²) in [5.41, 5.74) is 0. The Kier molecular flexibility index (Phi) is 37.5. The van der Waals surface area contributed by atoms with Crippen LogP contribution in [0.3, 0.4) is 0 Å². The number of carbonyl (C=O) groups excluding carboxylic acids is 2. The third kappa shape index (κ3) is 34.4. The molecule has 0 bridgehead atoms. The van der Waals surface area contributed by atoms with Crippen molar-refractivity contribution in [1.82, 2.24) is 5.32 Å². The van der Waals surface area contributed by atoms with Crippen LogP contribution in [-0.2, 0) is 14.3 Å². The smallest absolute Gasteiger partial charge is 0.306 e. The molecule has 0 saturated heterocycles. The van der Waals surface area contributed by atoms with Crippen molar-refractivity contribution in [2.24, 2.45) is 0 Å². The van der Waals surface area contributed by atoms with Crippen LogP contribution in [0, 0.1) is 0 Å². The summed E-state index contributed by atoms with van der Waals surface area (Å²) in [4.78, 5) is 25.8. The summed E-state index contributed by atoms with van der Waals surface area (Å²) in [5, 5.41) is 23.5. The van der Waals surface area contributed by atoms with Crippen molar-refractivity contribution in [3.63, 3.8) is 0 Å². The average molecular weight is 726 g/mol. The Morgan fingerprint density at radius 3 is 1.65 bits per heavy atom. The first-order valence-corrected chi connectivity index (χ1v) is 21.2. The molecule has 3 atom stereocenters. The summed E-state index contributed by atoms with van der Waals surface area (Å²) in [6.45, 7) is 6.23. The molecule has 0 fully saturated rings. The van der Waals surface area contributed by atoms with E-state index in [0.29, 0.717) is 19.3 Å². The number of aliphatic hydroxyl groups is 2. The molecule has 0 aliphatic heterocycles. The highest BCUT2D eigenvalue weighted by Gasteiger charge is 2.23. The van der Waals surface area contributed by atoms with Crippen LogP contribution in [-0.4, -0.2) is 46.9 Å². The molecule has 0 aromatic carbocycles. The third-order valence-corrected chi connectivity index (χ3v) is 9.15. The molecule has 1 amide bonds. The number of carbonyl (C=O) groups is 2. The second-order valence-electron chi connectivity index (χ2n) is 14.1. The van der Waals surface area contributed by atoms with Crippen LogP contribution in [0.4, 0.5) is 0 Å². The maximum atomic E-state index is 13.0. The third-order valence-electron chi connectivity index (χ3n) is 9.15. The van der Waals surface area contributed by atoms with Crippen molar-refractivity contribution < 1.29 is 24.5 Å².